The molecule has 0 radical (unpaired) electrons. The number of aryl methyl sites for hydroxylation is 1. The molecule has 1 fully saturated rings. The third-order valence-electron chi connectivity index (χ3n) is 6.17. The second-order valence-corrected chi connectivity index (χ2v) is 8.48. The van der Waals surface area contributed by atoms with Crippen LogP contribution in [0.25, 0.3) is 0 Å². The summed E-state index contributed by atoms with van der Waals surface area (Å²) < 4.78 is 0. The number of aliphatic carboxylic acids is 1. The number of fused-ring (bicyclic) bond motifs is 1. The molecule has 1 saturated carbocycles. The fraction of sp³-hybridized carbons (Fsp3) is 0.542. The van der Waals surface area contributed by atoms with E-state index < -0.39 is 12.1 Å². The van der Waals surface area contributed by atoms with Crippen molar-refractivity contribution in [1.29, 1.82) is 0 Å². The van der Waals surface area contributed by atoms with Crippen molar-refractivity contribution in [3.8, 4) is 0 Å². The van der Waals surface area contributed by atoms with Gasteiger partial charge in [-0.05, 0) is 56.4 Å². The molecule has 0 heterocycles. The predicted molar refractivity (Wildman–Crippen MR) is 110 cm³/mol. The highest BCUT2D eigenvalue weighted by molar-refractivity contribution is 5.66. The van der Waals surface area contributed by atoms with Gasteiger partial charge in [-0.25, -0.2) is 0 Å². The smallest absolute Gasteiger partial charge is 0.303 e. The van der Waals surface area contributed by atoms with Crippen molar-refractivity contribution in [2.24, 2.45) is 17.8 Å². The molecule has 1 aromatic carbocycles. The van der Waals surface area contributed by atoms with Gasteiger partial charge < -0.3 is 15.3 Å². The number of carboxylic acids is 1. The van der Waals surface area contributed by atoms with Crippen LogP contribution in [0, 0.1) is 24.7 Å². The molecule has 0 aliphatic heterocycles. The van der Waals surface area contributed by atoms with E-state index in [1.54, 1.807) is 0 Å². The first-order valence-electron chi connectivity index (χ1n) is 10.4. The van der Waals surface area contributed by atoms with Gasteiger partial charge in [0.25, 0.3) is 0 Å². The highest BCUT2D eigenvalue weighted by Crippen LogP contribution is 2.48. The lowest BCUT2D eigenvalue weighted by atomic mass is 9.88. The Balaban J connectivity index is 1.51. The molecule has 4 unspecified atom stereocenters. The molecule has 0 saturated heterocycles. The van der Waals surface area contributed by atoms with Gasteiger partial charge in [0.05, 0.1) is 12.2 Å². The fourth-order valence-corrected chi connectivity index (χ4v) is 4.82. The molecule has 2 aliphatic carbocycles. The number of carboxylic acid groups (broad SMARTS) is 1. The van der Waals surface area contributed by atoms with Crippen LogP contribution in [0.4, 0.5) is 0 Å². The van der Waals surface area contributed by atoms with Crippen molar-refractivity contribution in [2.45, 2.75) is 64.1 Å². The summed E-state index contributed by atoms with van der Waals surface area (Å²) >= 11 is 0. The summed E-state index contributed by atoms with van der Waals surface area (Å²) in [5.74, 6) is 0.180. The summed E-state index contributed by atoms with van der Waals surface area (Å²) in [4.78, 5) is 10.6. The Bertz CT molecular complexity index is 736. The zero-order valence-electron chi connectivity index (χ0n) is 16.6. The van der Waals surface area contributed by atoms with Gasteiger partial charge in [0, 0.05) is 18.8 Å². The molecule has 2 aliphatic rings. The molecule has 0 aromatic heterocycles. The summed E-state index contributed by atoms with van der Waals surface area (Å²) in [6.07, 6.45) is 10.5. The molecule has 4 heteroatoms. The maximum atomic E-state index is 10.6. The van der Waals surface area contributed by atoms with Crippen LogP contribution in [0.1, 0.15) is 49.7 Å². The minimum Gasteiger partial charge on any atom is -0.481 e. The molecule has 4 nitrogen and oxygen atoms in total. The number of hydrogen-bond donors (Lipinski definition) is 3. The van der Waals surface area contributed by atoms with E-state index in [1.165, 1.54) is 11.1 Å². The second kappa shape index (κ2) is 9.53. The first kappa shape index (κ1) is 20.8. The minimum atomic E-state index is -0.727. The molecule has 0 amide bonds. The summed E-state index contributed by atoms with van der Waals surface area (Å²) in [6.45, 7) is 2.05. The van der Waals surface area contributed by atoms with Gasteiger partial charge in [-0.1, -0.05) is 53.6 Å². The summed E-state index contributed by atoms with van der Waals surface area (Å²) in [6, 6.07) is 8.18. The molecular formula is C24H32O4. The Morgan fingerprint density at radius 2 is 2.14 bits per heavy atom. The fourth-order valence-electron chi connectivity index (χ4n) is 4.82. The lowest BCUT2D eigenvalue weighted by Gasteiger charge is -2.19. The Morgan fingerprint density at radius 3 is 2.89 bits per heavy atom. The van der Waals surface area contributed by atoms with Crippen LogP contribution < -0.4 is 0 Å². The van der Waals surface area contributed by atoms with Gasteiger partial charge >= 0.3 is 5.97 Å². The topological polar surface area (TPSA) is 77.8 Å². The van der Waals surface area contributed by atoms with E-state index in [4.69, 9.17) is 5.11 Å². The highest BCUT2D eigenvalue weighted by Gasteiger charge is 2.43. The Labute approximate surface area is 167 Å². The van der Waals surface area contributed by atoms with Crippen LogP contribution in [0.5, 0.6) is 0 Å². The third-order valence-corrected chi connectivity index (χ3v) is 6.17. The zero-order chi connectivity index (χ0) is 20.1. The van der Waals surface area contributed by atoms with Gasteiger partial charge in [-0.2, -0.15) is 0 Å². The van der Waals surface area contributed by atoms with Gasteiger partial charge in [-0.3, -0.25) is 4.79 Å². The Kier molecular flexibility index (Phi) is 7.08. The molecule has 0 bridgehead atoms. The first-order valence-corrected chi connectivity index (χ1v) is 10.4. The number of unbranched alkanes of at least 4 members (excludes halogenated alkanes) is 1. The number of aliphatic hydroxyl groups is 2. The standard InChI is InChI=1S/C24H32O4/c1-16-5-4-7-17(11-16)13-20(25)9-10-21-22-14-18(6-2-3-8-24(27)28)12-19(22)15-23(21)26/h4-5,7,9-12,19-23,25-26H,2-3,6,8,13-15H2,1H3,(H,27,28)/t19?,20?,21-,22?,23?/m1/s1. The number of rotatable bonds is 9. The van der Waals surface area contributed by atoms with E-state index >= 15 is 0 Å². The van der Waals surface area contributed by atoms with Gasteiger partial charge in [0.2, 0.25) is 0 Å². The maximum absolute atomic E-state index is 10.6. The van der Waals surface area contributed by atoms with Crippen molar-refractivity contribution >= 4 is 5.97 Å². The van der Waals surface area contributed by atoms with E-state index in [1.807, 2.05) is 37.3 Å². The van der Waals surface area contributed by atoms with Gasteiger partial charge in [0.1, 0.15) is 0 Å². The molecule has 5 atom stereocenters. The van der Waals surface area contributed by atoms with Crippen molar-refractivity contribution in [3.05, 3.63) is 59.2 Å². The van der Waals surface area contributed by atoms with E-state index in [0.29, 0.717) is 18.3 Å². The van der Waals surface area contributed by atoms with Crippen LogP contribution in [0.15, 0.2) is 48.1 Å². The largest absolute Gasteiger partial charge is 0.481 e. The predicted octanol–water partition coefficient (Wildman–Crippen LogP) is 4.04. The van der Waals surface area contributed by atoms with Crippen molar-refractivity contribution in [3.63, 3.8) is 0 Å². The third kappa shape index (κ3) is 5.55. The first-order chi connectivity index (χ1) is 13.4. The summed E-state index contributed by atoms with van der Waals surface area (Å²) in [5, 5.41) is 29.6. The highest BCUT2D eigenvalue weighted by atomic mass is 16.4. The van der Waals surface area contributed by atoms with Crippen LogP contribution in [-0.2, 0) is 11.2 Å². The van der Waals surface area contributed by atoms with E-state index in [-0.39, 0.29) is 18.4 Å². The second-order valence-electron chi connectivity index (χ2n) is 8.48. The minimum absolute atomic E-state index is 0.0879. The number of aliphatic hydroxyl groups excluding tert-OH is 2. The average molecular weight is 385 g/mol. The van der Waals surface area contributed by atoms with Crippen LogP contribution in [0.2, 0.25) is 0 Å². The van der Waals surface area contributed by atoms with E-state index in [2.05, 4.69) is 12.1 Å². The number of hydrogen-bond acceptors (Lipinski definition) is 3. The van der Waals surface area contributed by atoms with Crippen LogP contribution in [0.3, 0.4) is 0 Å². The van der Waals surface area contributed by atoms with Gasteiger partial charge in [0.15, 0.2) is 0 Å². The lowest BCUT2D eigenvalue weighted by Crippen LogP contribution is -2.18. The van der Waals surface area contributed by atoms with Crippen molar-refractivity contribution < 1.29 is 20.1 Å². The normalized spacial score (nSPS) is 27.8. The monoisotopic (exact) mass is 384 g/mol. The molecular weight excluding hydrogens is 352 g/mol. The Hall–Kier alpha value is -1.91. The summed E-state index contributed by atoms with van der Waals surface area (Å²) in [7, 11) is 0. The van der Waals surface area contributed by atoms with Gasteiger partial charge in [-0.15, -0.1) is 0 Å². The average Bonchev–Trinajstić information content (AvgIpc) is 3.13. The van der Waals surface area contributed by atoms with Crippen LogP contribution >= 0.6 is 0 Å². The molecule has 3 rings (SSSR count). The zero-order valence-corrected chi connectivity index (χ0v) is 16.6. The number of benzene rings is 1. The maximum Gasteiger partial charge on any atom is 0.303 e. The molecule has 28 heavy (non-hydrogen) atoms. The molecule has 3 N–H and O–H groups in total. The molecule has 152 valence electrons. The number of carbonyl (C=O) groups is 1. The van der Waals surface area contributed by atoms with E-state index in [9.17, 15) is 15.0 Å². The molecule has 1 aromatic rings. The lowest BCUT2D eigenvalue weighted by molar-refractivity contribution is -0.137. The molecule has 0 spiro atoms. The number of allylic oxidation sites excluding steroid dienone is 2. The van der Waals surface area contributed by atoms with Crippen molar-refractivity contribution in [1.82, 2.24) is 0 Å². The quantitative estimate of drug-likeness (QED) is 0.443. The van der Waals surface area contributed by atoms with E-state index in [0.717, 1.165) is 37.7 Å². The van der Waals surface area contributed by atoms with Crippen LogP contribution in [-0.4, -0.2) is 33.5 Å². The summed E-state index contributed by atoms with van der Waals surface area (Å²) in [5.41, 5.74) is 3.72. The SMILES string of the molecule is Cc1cccc(CC(O)C=C[C@H]2C(O)CC3C=C(CCCCC(=O)O)CC32)c1. The van der Waals surface area contributed by atoms with Crippen molar-refractivity contribution in [2.75, 3.05) is 0 Å². The Morgan fingerprint density at radius 1 is 1.32 bits per heavy atom.